The van der Waals surface area contributed by atoms with Crippen molar-refractivity contribution in [3.05, 3.63) is 16.7 Å². The van der Waals surface area contributed by atoms with Crippen LogP contribution in [0.15, 0.2) is 0 Å². The van der Waals surface area contributed by atoms with Crippen molar-refractivity contribution in [3.8, 4) is 17.2 Å². The zero-order valence-corrected chi connectivity index (χ0v) is 20.2. The first-order valence-electron chi connectivity index (χ1n) is 11.3. The summed E-state index contributed by atoms with van der Waals surface area (Å²) in [6, 6.07) is 0. The van der Waals surface area contributed by atoms with E-state index < -0.39 is 6.10 Å². The van der Waals surface area contributed by atoms with Gasteiger partial charge in [-0.25, -0.2) is 0 Å². The van der Waals surface area contributed by atoms with Crippen LogP contribution in [0.3, 0.4) is 0 Å². The normalized spacial score (nSPS) is 27.0. The lowest BCUT2D eigenvalue weighted by atomic mass is 9.60. The lowest BCUT2D eigenvalue weighted by Gasteiger charge is -2.47. The molecule has 1 N–H and O–H groups in total. The summed E-state index contributed by atoms with van der Waals surface area (Å²) >= 11 is 0. The van der Waals surface area contributed by atoms with Crippen molar-refractivity contribution in [2.24, 2.45) is 17.3 Å². The number of hydrogen-bond acceptors (Lipinski definition) is 6. The molecule has 0 radical (unpaired) electrons. The molecule has 3 rings (SSSR count). The molecule has 31 heavy (non-hydrogen) atoms. The third kappa shape index (κ3) is 4.11. The van der Waals surface area contributed by atoms with E-state index in [2.05, 4.69) is 27.7 Å². The first-order valence-corrected chi connectivity index (χ1v) is 11.3. The molecule has 1 saturated carbocycles. The quantitative estimate of drug-likeness (QED) is 0.671. The second kappa shape index (κ2) is 8.89. The molecular formula is C25H38O6. The summed E-state index contributed by atoms with van der Waals surface area (Å²) in [6.45, 7) is 10.1. The highest BCUT2D eigenvalue weighted by Gasteiger charge is 2.49. The van der Waals surface area contributed by atoms with Crippen LogP contribution in [-0.2, 0) is 16.0 Å². The van der Waals surface area contributed by atoms with Crippen LogP contribution in [0.25, 0.3) is 0 Å². The fourth-order valence-electron chi connectivity index (χ4n) is 5.96. The van der Waals surface area contributed by atoms with Crippen LogP contribution in [0.5, 0.6) is 17.2 Å². The van der Waals surface area contributed by atoms with Crippen LogP contribution < -0.4 is 14.2 Å². The van der Waals surface area contributed by atoms with E-state index in [1.165, 1.54) is 6.92 Å². The van der Waals surface area contributed by atoms with Gasteiger partial charge in [-0.2, -0.15) is 0 Å². The van der Waals surface area contributed by atoms with E-state index in [1.54, 1.807) is 21.3 Å². The summed E-state index contributed by atoms with van der Waals surface area (Å²) in [5.41, 5.74) is 2.61. The summed E-state index contributed by atoms with van der Waals surface area (Å²) in [4.78, 5) is 11.9. The Balaban J connectivity index is 2.27. The molecule has 0 aliphatic heterocycles. The molecule has 6 heteroatoms. The zero-order valence-electron chi connectivity index (χ0n) is 20.2. The van der Waals surface area contributed by atoms with Gasteiger partial charge in [0.15, 0.2) is 11.5 Å². The minimum absolute atomic E-state index is 0.0236. The molecule has 4 atom stereocenters. The molecule has 0 aromatic heterocycles. The van der Waals surface area contributed by atoms with Crippen LogP contribution in [0.1, 0.15) is 82.6 Å². The van der Waals surface area contributed by atoms with E-state index in [4.69, 9.17) is 18.9 Å². The van der Waals surface area contributed by atoms with Gasteiger partial charge in [0, 0.05) is 29.5 Å². The average Bonchev–Trinajstić information content (AvgIpc) is 2.85. The average molecular weight is 435 g/mol. The van der Waals surface area contributed by atoms with Crippen LogP contribution in [-0.4, -0.2) is 38.5 Å². The Morgan fingerprint density at radius 1 is 1.06 bits per heavy atom. The summed E-state index contributed by atoms with van der Waals surface area (Å²) in [7, 11) is 4.92. The number of aliphatic hydroxyl groups is 1. The fraction of sp³-hybridized carbons (Fsp3) is 0.720. The number of fused-ring (bicyclic) bond motifs is 2. The summed E-state index contributed by atoms with van der Waals surface area (Å²) < 4.78 is 23.4. The Kier molecular flexibility index (Phi) is 6.80. The van der Waals surface area contributed by atoms with E-state index in [0.29, 0.717) is 30.1 Å². The highest BCUT2D eigenvalue weighted by atomic mass is 16.5. The SMILES string of the molecule is COc1c2c(c(OC)c(C(C)C)c1OC)C(O)C[C@@H]1[C@@H](C2)[C@@H](OC(C)=O)CCC1(C)C. The third-order valence-corrected chi connectivity index (χ3v) is 7.37. The monoisotopic (exact) mass is 434 g/mol. The second-order valence-corrected chi connectivity index (χ2v) is 9.96. The molecular weight excluding hydrogens is 396 g/mol. The van der Waals surface area contributed by atoms with Gasteiger partial charge in [-0.1, -0.05) is 27.7 Å². The maximum atomic E-state index is 11.9. The van der Waals surface area contributed by atoms with Crippen LogP contribution in [0.4, 0.5) is 0 Å². The van der Waals surface area contributed by atoms with Crippen LogP contribution in [0, 0.1) is 17.3 Å². The van der Waals surface area contributed by atoms with Gasteiger partial charge in [-0.15, -0.1) is 0 Å². The summed E-state index contributed by atoms with van der Waals surface area (Å²) in [5, 5.41) is 11.5. The van der Waals surface area contributed by atoms with Gasteiger partial charge in [0.25, 0.3) is 0 Å². The molecule has 1 fully saturated rings. The molecule has 0 saturated heterocycles. The second-order valence-electron chi connectivity index (χ2n) is 9.96. The fourth-order valence-corrected chi connectivity index (χ4v) is 5.96. The maximum absolute atomic E-state index is 11.9. The number of carbonyl (C=O) groups excluding carboxylic acids is 1. The summed E-state index contributed by atoms with van der Waals surface area (Å²) in [5.74, 6) is 2.10. The molecule has 2 aliphatic carbocycles. The molecule has 174 valence electrons. The van der Waals surface area contributed by atoms with E-state index in [9.17, 15) is 9.90 Å². The van der Waals surface area contributed by atoms with Crippen LogP contribution in [0.2, 0.25) is 0 Å². The number of hydrogen-bond donors (Lipinski definition) is 1. The van der Waals surface area contributed by atoms with E-state index in [0.717, 1.165) is 29.5 Å². The lowest BCUT2D eigenvalue weighted by Crippen LogP contribution is -2.45. The maximum Gasteiger partial charge on any atom is 0.302 e. The van der Waals surface area contributed by atoms with Gasteiger partial charge in [0.1, 0.15) is 11.9 Å². The van der Waals surface area contributed by atoms with Crippen molar-refractivity contribution in [2.45, 2.75) is 78.4 Å². The number of benzene rings is 1. The van der Waals surface area contributed by atoms with E-state index >= 15 is 0 Å². The highest BCUT2D eigenvalue weighted by molar-refractivity contribution is 5.67. The zero-order chi connectivity index (χ0) is 23.1. The van der Waals surface area contributed by atoms with Crippen molar-refractivity contribution in [3.63, 3.8) is 0 Å². The molecule has 1 aromatic carbocycles. The van der Waals surface area contributed by atoms with Gasteiger partial charge in [0.05, 0.1) is 27.4 Å². The largest absolute Gasteiger partial charge is 0.496 e. The molecule has 1 unspecified atom stereocenters. The van der Waals surface area contributed by atoms with Gasteiger partial charge in [-0.3, -0.25) is 4.79 Å². The van der Waals surface area contributed by atoms with Gasteiger partial charge in [-0.05, 0) is 42.9 Å². The Labute approximate surface area is 186 Å². The molecule has 0 spiro atoms. The minimum Gasteiger partial charge on any atom is -0.496 e. The van der Waals surface area contributed by atoms with Crippen molar-refractivity contribution in [2.75, 3.05) is 21.3 Å². The molecule has 0 amide bonds. The molecule has 6 nitrogen and oxygen atoms in total. The van der Waals surface area contributed by atoms with E-state index in [1.807, 2.05) is 0 Å². The predicted molar refractivity (Wildman–Crippen MR) is 119 cm³/mol. The first-order chi connectivity index (χ1) is 14.6. The smallest absolute Gasteiger partial charge is 0.302 e. The highest BCUT2D eigenvalue weighted by Crippen LogP contribution is 2.57. The standard InChI is InChI=1S/C25H38O6/c1-13(2)20-23(29-7)21-16(22(28-6)24(20)30-8)11-15-17(12-18(21)27)25(4,5)10-9-19(15)31-14(3)26/h13,15,17-19,27H,9-12H2,1-8H3/t15-,17-,18?,19+/m1/s1. The van der Waals surface area contributed by atoms with Crippen molar-refractivity contribution in [1.29, 1.82) is 0 Å². The topological polar surface area (TPSA) is 74.2 Å². The Morgan fingerprint density at radius 2 is 1.68 bits per heavy atom. The van der Waals surface area contributed by atoms with Crippen molar-refractivity contribution >= 4 is 5.97 Å². The van der Waals surface area contributed by atoms with Gasteiger partial charge in [0.2, 0.25) is 0 Å². The lowest BCUT2D eigenvalue weighted by molar-refractivity contribution is -0.157. The van der Waals surface area contributed by atoms with Crippen molar-refractivity contribution in [1.82, 2.24) is 0 Å². The van der Waals surface area contributed by atoms with Gasteiger partial charge < -0.3 is 24.1 Å². The molecule has 1 aromatic rings. The summed E-state index contributed by atoms with van der Waals surface area (Å²) in [6.07, 6.45) is 2.11. The number of rotatable bonds is 5. The number of carbonyl (C=O) groups is 1. The molecule has 0 bridgehead atoms. The number of esters is 1. The first kappa shape index (κ1) is 23.7. The number of aliphatic hydroxyl groups excluding tert-OH is 1. The van der Waals surface area contributed by atoms with Crippen molar-refractivity contribution < 1.29 is 28.8 Å². The Hall–Kier alpha value is -1.95. The molecule has 2 aliphatic rings. The van der Waals surface area contributed by atoms with Crippen LogP contribution >= 0.6 is 0 Å². The number of methoxy groups -OCH3 is 3. The Morgan fingerprint density at radius 3 is 2.19 bits per heavy atom. The van der Waals surface area contributed by atoms with E-state index in [-0.39, 0.29) is 35.2 Å². The minimum atomic E-state index is -0.701. The van der Waals surface area contributed by atoms with Gasteiger partial charge >= 0.3 is 5.97 Å². The Bertz CT molecular complexity index is 828. The number of ether oxygens (including phenoxy) is 4. The molecule has 0 heterocycles. The predicted octanol–water partition coefficient (Wildman–Crippen LogP) is 4.80. The third-order valence-electron chi connectivity index (χ3n) is 7.37.